The first kappa shape index (κ1) is 23.0. The molecule has 2 bridgehead atoms. The van der Waals surface area contributed by atoms with Crippen molar-refractivity contribution < 1.29 is 22.7 Å². The fourth-order valence-corrected chi connectivity index (χ4v) is 5.39. The summed E-state index contributed by atoms with van der Waals surface area (Å²) in [5, 5.41) is 3.13. The molecule has 4 heterocycles. The number of morpholine rings is 1. The van der Waals surface area contributed by atoms with E-state index in [4.69, 9.17) is 4.74 Å². The van der Waals surface area contributed by atoms with Crippen LogP contribution in [-0.2, 0) is 17.5 Å². The molecule has 3 aliphatic heterocycles. The van der Waals surface area contributed by atoms with E-state index < -0.39 is 23.3 Å². The number of carbonyl (C=O) groups excluding carboxylic acids is 1. The van der Waals surface area contributed by atoms with Gasteiger partial charge in [0.25, 0.3) is 5.91 Å². The molecule has 10 heteroatoms. The Morgan fingerprint density at radius 1 is 1.09 bits per heavy atom. The Morgan fingerprint density at radius 3 is 2.41 bits per heavy atom. The number of piperidine rings is 1. The summed E-state index contributed by atoms with van der Waals surface area (Å²) < 4.78 is 46.6. The number of hydrogen-bond donors (Lipinski definition) is 1. The molecule has 1 aromatic heterocycles. The normalized spacial score (nSPS) is 25.4. The molecule has 0 radical (unpaired) electrons. The van der Waals surface area contributed by atoms with Gasteiger partial charge in [-0.2, -0.15) is 13.2 Å². The molecule has 2 atom stereocenters. The van der Waals surface area contributed by atoms with Gasteiger partial charge in [-0.1, -0.05) is 30.3 Å². The van der Waals surface area contributed by atoms with E-state index in [9.17, 15) is 18.0 Å². The highest BCUT2D eigenvalue weighted by atomic mass is 19.4. The van der Waals surface area contributed by atoms with Crippen molar-refractivity contribution >= 4 is 11.9 Å². The number of hydrogen-bond acceptors (Lipinski definition) is 6. The van der Waals surface area contributed by atoms with Crippen LogP contribution in [0.25, 0.3) is 0 Å². The topological polar surface area (TPSA) is 70.6 Å². The first-order chi connectivity index (χ1) is 16.4. The van der Waals surface area contributed by atoms with Gasteiger partial charge in [0.1, 0.15) is 0 Å². The average Bonchev–Trinajstić information content (AvgIpc) is 3.06. The maximum absolute atomic E-state index is 13.8. The van der Waals surface area contributed by atoms with Crippen LogP contribution < -0.4 is 5.32 Å². The highest BCUT2D eigenvalue weighted by Gasteiger charge is 2.42. The van der Waals surface area contributed by atoms with Crippen molar-refractivity contribution in [2.24, 2.45) is 0 Å². The molecular weight excluding hydrogens is 447 g/mol. The van der Waals surface area contributed by atoms with Crippen molar-refractivity contribution in [2.75, 3.05) is 31.6 Å². The lowest BCUT2D eigenvalue weighted by Gasteiger charge is -2.39. The minimum absolute atomic E-state index is 0.00796. The molecular formula is C24H28F3N5O2. The van der Waals surface area contributed by atoms with Crippen molar-refractivity contribution in [1.82, 2.24) is 19.8 Å². The number of nitrogens with one attached hydrogen (secondary N) is 1. The lowest BCUT2D eigenvalue weighted by Crippen LogP contribution is -2.46. The molecule has 5 rings (SSSR count). The SMILES string of the molecule is O=C(c1cnc(NC2CC3CCC(C2)N3Cc2ccccc2)nc1C(F)(F)F)N1CCOCC1. The Bertz CT molecular complexity index is 999. The number of nitrogens with zero attached hydrogens (tertiary/aromatic N) is 4. The molecule has 34 heavy (non-hydrogen) atoms. The van der Waals surface area contributed by atoms with Crippen LogP contribution in [0.2, 0.25) is 0 Å². The monoisotopic (exact) mass is 475 g/mol. The van der Waals surface area contributed by atoms with Crippen molar-refractivity contribution in [2.45, 2.75) is 56.5 Å². The summed E-state index contributed by atoms with van der Waals surface area (Å²) in [4.78, 5) is 24.5. The van der Waals surface area contributed by atoms with Gasteiger partial charge in [0.15, 0.2) is 5.69 Å². The van der Waals surface area contributed by atoms with Crippen LogP contribution in [0, 0.1) is 0 Å². The first-order valence-electron chi connectivity index (χ1n) is 11.8. The highest BCUT2D eigenvalue weighted by Crippen LogP contribution is 2.38. The zero-order chi connectivity index (χ0) is 23.7. The highest BCUT2D eigenvalue weighted by molar-refractivity contribution is 5.95. The first-order valence-corrected chi connectivity index (χ1v) is 11.8. The molecule has 182 valence electrons. The molecule has 1 N–H and O–H groups in total. The Balaban J connectivity index is 1.29. The fourth-order valence-electron chi connectivity index (χ4n) is 5.39. The van der Waals surface area contributed by atoms with Gasteiger partial charge < -0.3 is 15.0 Å². The van der Waals surface area contributed by atoms with Crippen LogP contribution in [0.3, 0.4) is 0 Å². The van der Waals surface area contributed by atoms with Crippen LogP contribution in [0.5, 0.6) is 0 Å². The van der Waals surface area contributed by atoms with E-state index in [1.54, 1.807) is 0 Å². The zero-order valence-electron chi connectivity index (χ0n) is 18.8. The van der Waals surface area contributed by atoms with Gasteiger partial charge in [-0.05, 0) is 31.2 Å². The Hall–Kier alpha value is -2.72. The standard InChI is InChI=1S/C24H28F3N5O2/c25-24(26,27)21-20(22(33)31-8-10-34-11-9-31)14-28-23(30-21)29-17-12-18-6-7-19(13-17)32(18)15-16-4-2-1-3-5-16/h1-5,14,17-19H,6-13,15H2,(H,28,29,30). The minimum atomic E-state index is -4.76. The molecule has 3 fully saturated rings. The van der Waals surface area contributed by atoms with Crippen LogP contribution >= 0.6 is 0 Å². The van der Waals surface area contributed by atoms with Crippen molar-refractivity contribution in [3.05, 3.63) is 53.3 Å². The molecule has 3 saturated heterocycles. The number of rotatable bonds is 5. The molecule has 0 spiro atoms. The number of aromatic nitrogens is 2. The van der Waals surface area contributed by atoms with Crippen LogP contribution in [0.1, 0.15) is 47.3 Å². The van der Waals surface area contributed by atoms with Crippen LogP contribution in [-0.4, -0.2) is 70.1 Å². The van der Waals surface area contributed by atoms with Gasteiger partial charge >= 0.3 is 6.18 Å². The smallest absolute Gasteiger partial charge is 0.378 e. The van der Waals surface area contributed by atoms with E-state index in [2.05, 4.69) is 32.3 Å². The molecule has 3 aliphatic rings. The molecule has 2 unspecified atom stereocenters. The van der Waals surface area contributed by atoms with Crippen LogP contribution in [0.15, 0.2) is 36.5 Å². The van der Waals surface area contributed by atoms with E-state index in [1.165, 1.54) is 10.5 Å². The Morgan fingerprint density at radius 2 is 1.76 bits per heavy atom. The summed E-state index contributed by atoms with van der Waals surface area (Å²) in [6, 6.07) is 11.1. The number of amides is 1. The van der Waals surface area contributed by atoms with Crippen molar-refractivity contribution in [3.63, 3.8) is 0 Å². The maximum atomic E-state index is 13.8. The number of benzene rings is 1. The second-order valence-electron chi connectivity index (χ2n) is 9.21. The third-order valence-corrected chi connectivity index (χ3v) is 7.01. The maximum Gasteiger partial charge on any atom is 0.434 e. The van der Waals surface area contributed by atoms with Crippen molar-refractivity contribution in [1.29, 1.82) is 0 Å². The number of halogens is 3. The summed E-state index contributed by atoms with van der Waals surface area (Å²) in [6.45, 7) is 1.99. The lowest BCUT2D eigenvalue weighted by molar-refractivity contribution is -0.141. The fraction of sp³-hybridized carbons (Fsp3) is 0.542. The molecule has 0 aliphatic carbocycles. The lowest BCUT2D eigenvalue weighted by atomic mass is 9.96. The van der Waals surface area contributed by atoms with Gasteiger partial charge in [-0.3, -0.25) is 9.69 Å². The third kappa shape index (κ3) is 4.88. The van der Waals surface area contributed by atoms with E-state index in [0.717, 1.165) is 38.4 Å². The second kappa shape index (κ2) is 9.50. The predicted molar refractivity (Wildman–Crippen MR) is 119 cm³/mol. The number of fused-ring (bicyclic) bond motifs is 2. The van der Waals surface area contributed by atoms with Gasteiger partial charge in [0, 0.05) is 44.0 Å². The minimum Gasteiger partial charge on any atom is -0.378 e. The number of alkyl halides is 3. The predicted octanol–water partition coefficient (Wildman–Crippen LogP) is 3.58. The quantitative estimate of drug-likeness (QED) is 0.713. The van der Waals surface area contributed by atoms with E-state index in [-0.39, 0.29) is 25.1 Å². The summed E-state index contributed by atoms with van der Waals surface area (Å²) in [6.07, 6.45) is 0.0590. The largest absolute Gasteiger partial charge is 0.434 e. The third-order valence-electron chi connectivity index (χ3n) is 7.01. The molecule has 1 amide bonds. The summed E-state index contributed by atoms with van der Waals surface area (Å²) in [5.41, 5.74) is -0.437. The van der Waals surface area contributed by atoms with E-state index >= 15 is 0 Å². The number of anilines is 1. The van der Waals surface area contributed by atoms with Crippen LogP contribution in [0.4, 0.5) is 19.1 Å². The van der Waals surface area contributed by atoms with Crippen molar-refractivity contribution in [3.8, 4) is 0 Å². The molecule has 7 nitrogen and oxygen atoms in total. The second-order valence-corrected chi connectivity index (χ2v) is 9.21. The van der Waals surface area contributed by atoms with Gasteiger partial charge in [-0.25, -0.2) is 9.97 Å². The summed E-state index contributed by atoms with van der Waals surface area (Å²) >= 11 is 0. The Kier molecular flexibility index (Phi) is 6.44. The van der Waals surface area contributed by atoms with E-state index in [0.29, 0.717) is 25.3 Å². The number of carbonyl (C=O) groups is 1. The molecule has 0 saturated carbocycles. The summed E-state index contributed by atoms with van der Waals surface area (Å²) in [5.74, 6) is -0.791. The summed E-state index contributed by atoms with van der Waals surface area (Å²) in [7, 11) is 0. The molecule has 1 aromatic carbocycles. The zero-order valence-corrected chi connectivity index (χ0v) is 18.8. The average molecular weight is 476 g/mol. The Labute approximate surface area is 196 Å². The molecule has 2 aromatic rings. The number of ether oxygens (including phenoxy) is 1. The van der Waals surface area contributed by atoms with Gasteiger partial charge in [-0.15, -0.1) is 0 Å². The van der Waals surface area contributed by atoms with Gasteiger partial charge in [0.2, 0.25) is 5.95 Å². The van der Waals surface area contributed by atoms with E-state index in [1.807, 2.05) is 18.2 Å². The van der Waals surface area contributed by atoms with Gasteiger partial charge in [0.05, 0.1) is 18.8 Å².